The van der Waals surface area contributed by atoms with Crippen molar-refractivity contribution >= 4 is 28.9 Å². The first-order chi connectivity index (χ1) is 11.5. The number of carbonyl (C=O) groups is 1. The van der Waals surface area contributed by atoms with Gasteiger partial charge in [0.25, 0.3) is 0 Å². The maximum Gasteiger partial charge on any atom is 0.239 e. The highest BCUT2D eigenvalue weighted by Gasteiger charge is 2.19. The zero-order valence-electron chi connectivity index (χ0n) is 12.7. The molecule has 0 bridgehead atoms. The zero-order valence-corrected chi connectivity index (χ0v) is 13.5. The van der Waals surface area contributed by atoms with Gasteiger partial charge in [-0.1, -0.05) is 5.21 Å². The number of nitrogens with zero attached hydrogens (tertiary/aromatic N) is 4. The van der Waals surface area contributed by atoms with Crippen LogP contribution in [0.2, 0.25) is 0 Å². The molecule has 4 N–H and O–H groups in total. The lowest BCUT2D eigenvalue weighted by atomic mass is 10.2. The summed E-state index contributed by atoms with van der Waals surface area (Å²) >= 11 is 4.73. The number of halogens is 1. The average Bonchev–Trinajstić information content (AvgIpc) is 3.02. The van der Waals surface area contributed by atoms with Crippen LogP contribution in [0, 0.1) is 5.82 Å². The molecule has 0 saturated carbocycles. The van der Waals surface area contributed by atoms with Gasteiger partial charge in [-0.15, -0.1) is 5.10 Å². The topological polar surface area (TPSA) is 101 Å². The molecule has 1 fully saturated rings. The number of thiocarbonyl (C=S) groups is 1. The Hall–Kier alpha value is -2.75. The fourth-order valence-corrected chi connectivity index (χ4v) is 2.49. The van der Waals surface area contributed by atoms with Crippen molar-refractivity contribution < 1.29 is 9.18 Å². The minimum absolute atomic E-state index is 0.115. The molecule has 1 saturated heterocycles. The summed E-state index contributed by atoms with van der Waals surface area (Å²) in [4.78, 5) is 13.1. The van der Waals surface area contributed by atoms with Gasteiger partial charge in [0.1, 0.15) is 11.5 Å². The van der Waals surface area contributed by atoms with Gasteiger partial charge in [-0.3, -0.25) is 4.79 Å². The number of amides is 1. The zero-order chi connectivity index (χ0) is 17.1. The van der Waals surface area contributed by atoms with E-state index < -0.39 is 5.82 Å². The Bertz CT molecular complexity index is 778. The second kappa shape index (κ2) is 6.79. The first kappa shape index (κ1) is 16.1. The van der Waals surface area contributed by atoms with E-state index in [9.17, 15) is 9.18 Å². The number of carbonyl (C=O) groups excluding carboxylic acids is 1. The minimum atomic E-state index is -0.416. The monoisotopic (exact) mass is 349 g/mol. The molecule has 10 heteroatoms. The van der Waals surface area contributed by atoms with Gasteiger partial charge < -0.3 is 21.3 Å². The van der Waals surface area contributed by atoms with E-state index in [4.69, 9.17) is 18.0 Å². The van der Waals surface area contributed by atoms with Crippen molar-refractivity contribution in [2.24, 2.45) is 5.73 Å². The van der Waals surface area contributed by atoms with E-state index in [0.717, 1.165) is 0 Å². The Kier molecular flexibility index (Phi) is 4.56. The molecule has 2 heterocycles. The predicted molar refractivity (Wildman–Crippen MR) is 90.2 cm³/mol. The van der Waals surface area contributed by atoms with Crippen molar-refractivity contribution in [1.29, 1.82) is 0 Å². The lowest BCUT2D eigenvalue weighted by molar-refractivity contribution is -0.120. The quantitative estimate of drug-likeness (QED) is 0.650. The summed E-state index contributed by atoms with van der Waals surface area (Å²) in [6.45, 7) is 1.57. The first-order valence-electron chi connectivity index (χ1n) is 7.29. The molecule has 0 aliphatic carbocycles. The number of anilines is 1. The Balaban J connectivity index is 1.77. The molecule has 24 heavy (non-hydrogen) atoms. The molecule has 1 aromatic carbocycles. The van der Waals surface area contributed by atoms with Gasteiger partial charge in [-0.2, -0.15) is 0 Å². The predicted octanol–water partition coefficient (Wildman–Crippen LogP) is -0.324. The summed E-state index contributed by atoms with van der Waals surface area (Å²) in [5.74, 6) is -0.531. The molecule has 0 atom stereocenters. The number of aromatic nitrogens is 3. The van der Waals surface area contributed by atoms with E-state index >= 15 is 0 Å². The average molecular weight is 349 g/mol. The van der Waals surface area contributed by atoms with Crippen molar-refractivity contribution in [2.45, 2.75) is 6.54 Å². The number of nitrogens with two attached hydrogens (primary N) is 1. The van der Waals surface area contributed by atoms with Gasteiger partial charge in [0, 0.05) is 19.2 Å². The fraction of sp³-hybridized carbons (Fsp3) is 0.286. The van der Waals surface area contributed by atoms with Crippen molar-refractivity contribution in [3.05, 3.63) is 35.9 Å². The summed E-state index contributed by atoms with van der Waals surface area (Å²) in [6, 6.07) is 4.73. The molecule has 1 aliphatic heterocycles. The molecule has 126 valence electrons. The minimum Gasteiger partial charge on any atom is -0.376 e. The summed E-state index contributed by atoms with van der Waals surface area (Å²) in [5.41, 5.74) is 6.91. The molecule has 1 aromatic heterocycles. The maximum atomic E-state index is 14.4. The van der Waals surface area contributed by atoms with Crippen LogP contribution < -0.4 is 21.3 Å². The van der Waals surface area contributed by atoms with E-state index in [1.165, 1.54) is 10.7 Å². The van der Waals surface area contributed by atoms with E-state index in [2.05, 4.69) is 20.9 Å². The highest BCUT2D eigenvalue weighted by atomic mass is 32.1. The SMILES string of the molecule is NC(=S)NCc1cn(-c2ccc(N3CCNC(=O)C3)c(F)c2)nn1. The van der Waals surface area contributed by atoms with Crippen LogP contribution in [0.15, 0.2) is 24.4 Å². The third-order valence-corrected chi connectivity index (χ3v) is 3.70. The molecule has 1 aliphatic rings. The number of hydrogen-bond acceptors (Lipinski definition) is 5. The van der Waals surface area contributed by atoms with E-state index in [0.29, 0.717) is 36.7 Å². The number of rotatable bonds is 4. The largest absolute Gasteiger partial charge is 0.376 e. The summed E-state index contributed by atoms with van der Waals surface area (Å²) in [6.07, 6.45) is 1.66. The molecule has 0 spiro atoms. The first-order valence-corrected chi connectivity index (χ1v) is 7.70. The van der Waals surface area contributed by atoms with Gasteiger partial charge >= 0.3 is 0 Å². The summed E-state index contributed by atoms with van der Waals surface area (Å²) in [5, 5.41) is 13.6. The fourth-order valence-electron chi connectivity index (χ4n) is 2.42. The third-order valence-electron chi connectivity index (χ3n) is 3.56. The highest BCUT2D eigenvalue weighted by molar-refractivity contribution is 7.80. The maximum absolute atomic E-state index is 14.4. The van der Waals surface area contributed by atoms with Crippen LogP contribution >= 0.6 is 12.2 Å². The Morgan fingerprint density at radius 3 is 3.04 bits per heavy atom. The van der Waals surface area contributed by atoms with Gasteiger partial charge in [-0.05, 0) is 24.4 Å². The highest BCUT2D eigenvalue weighted by Crippen LogP contribution is 2.22. The van der Waals surface area contributed by atoms with Gasteiger partial charge in [0.15, 0.2) is 5.11 Å². The second-order valence-corrected chi connectivity index (χ2v) is 5.72. The molecule has 0 radical (unpaired) electrons. The molecule has 1 amide bonds. The number of piperazine rings is 1. The molecular formula is C14H16FN7OS. The van der Waals surface area contributed by atoms with Crippen molar-refractivity contribution in [2.75, 3.05) is 24.5 Å². The standard InChI is InChI=1S/C14H16FN7OS/c15-11-5-10(22-7-9(19-20-22)6-18-14(16)24)1-2-12(11)21-4-3-17-13(23)8-21/h1-2,5,7H,3-4,6,8H2,(H,17,23)(H3,16,18,24). The van der Waals surface area contributed by atoms with Crippen molar-refractivity contribution in [3.8, 4) is 5.69 Å². The van der Waals surface area contributed by atoms with Crippen molar-refractivity contribution in [1.82, 2.24) is 25.6 Å². The van der Waals surface area contributed by atoms with Gasteiger partial charge in [0.2, 0.25) is 5.91 Å². The van der Waals surface area contributed by atoms with E-state index in [1.807, 2.05) is 0 Å². The molecule has 0 unspecified atom stereocenters. The number of hydrogen-bond donors (Lipinski definition) is 3. The molecule has 2 aromatic rings. The Morgan fingerprint density at radius 1 is 1.50 bits per heavy atom. The van der Waals surface area contributed by atoms with Crippen molar-refractivity contribution in [3.63, 3.8) is 0 Å². The molecule has 8 nitrogen and oxygen atoms in total. The van der Waals surface area contributed by atoms with Crippen LogP contribution in [-0.2, 0) is 11.3 Å². The third kappa shape index (κ3) is 3.59. The van der Waals surface area contributed by atoms with Gasteiger partial charge in [0.05, 0.1) is 30.7 Å². The Labute approximate surface area is 142 Å². The van der Waals surface area contributed by atoms with E-state index in [1.54, 1.807) is 23.2 Å². The summed E-state index contributed by atoms with van der Waals surface area (Å²) < 4.78 is 15.9. The summed E-state index contributed by atoms with van der Waals surface area (Å²) in [7, 11) is 0. The van der Waals surface area contributed by atoms with Crippen LogP contribution in [-0.4, -0.2) is 45.6 Å². The van der Waals surface area contributed by atoms with Crippen LogP contribution in [0.5, 0.6) is 0 Å². The molecular weight excluding hydrogens is 333 g/mol. The lowest BCUT2D eigenvalue weighted by Gasteiger charge is -2.28. The molecule has 3 rings (SSSR count). The normalized spacial score (nSPS) is 14.4. The second-order valence-electron chi connectivity index (χ2n) is 5.28. The van der Waals surface area contributed by atoms with Crippen LogP contribution in [0.3, 0.4) is 0 Å². The number of nitrogens with one attached hydrogen (secondary N) is 2. The van der Waals surface area contributed by atoms with Crippen LogP contribution in [0.25, 0.3) is 5.69 Å². The number of benzene rings is 1. The van der Waals surface area contributed by atoms with Gasteiger partial charge in [-0.25, -0.2) is 9.07 Å². The van der Waals surface area contributed by atoms with Crippen LogP contribution in [0.4, 0.5) is 10.1 Å². The lowest BCUT2D eigenvalue weighted by Crippen LogP contribution is -2.48. The van der Waals surface area contributed by atoms with Crippen LogP contribution in [0.1, 0.15) is 5.69 Å². The smallest absolute Gasteiger partial charge is 0.239 e. The Morgan fingerprint density at radius 2 is 2.33 bits per heavy atom. The van der Waals surface area contributed by atoms with E-state index in [-0.39, 0.29) is 17.6 Å².